The standard InChI is InChI=1S/C16H18N2O3/c1-12-3-5-14(13(11-12)4-6-16(19)20)21-10-7-15-17-8-9-18(15)2/h3-6,8-9,11H,7,10H2,1-2H3,(H,19,20)/b6-4+. The Labute approximate surface area is 123 Å². The second-order valence-corrected chi connectivity index (χ2v) is 4.77. The van der Waals surface area contributed by atoms with Crippen LogP contribution in [0.5, 0.6) is 5.75 Å². The van der Waals surface area contributed by atoms with Crippen molar-refractivity contribution in [2.75, 3.05) is 6.61 Å². The summed E-state index contributed by atoms with van der Waals surface area (Å²) >= 11 is 0. The van der Waals surface area contributed by atoms with Crippen molar-refractivity contribution in [3.05, 3.63) is 53.6 Å². The number of hydrogen-bond donors (Lipinski definition) is 1. The van der Waals surface area contributed by atoms with Crippen LogP contribution in [-0.4, -0.2) is 27.2 Å². The lowest BCUT2D eigenvalue weighted by atomic mass is 10.1. The molecular formula is C16H18N2O3. The van der Waals surface area contributed by atoms with Crippen LogP contribution in [0, 0.1) is 6.92 Å². The molecular weight excluding hydrogens is 268 g/mol. The van der Waals surface area contributed by atoms with Gasteiger partial charge in [0.05, 0.1) is 6.61 Å². The fraction of sp³-hybridized carbons (Fsp3) is 0.250. The van der Waals surface area contributed by atoms with Gasteiger partial charge in [-0.15, -0.1) is 0 Å². The molecule has 0 aliphatic rings. The van der Waals surface area contributed by atoms with Crippen molar-refractivity contribution in [2.24, 2.45) is 7.05 Å². The lowest BCUT2D eigenvalue weighted by Gasteiger charge is -2.10. The summed E-state index contributed by atoms with van der Waals surface area (Å²) in [6.07, 6.45) is 7.00. The van der Waals surface area contributed by atoms with Gasteiger partial charge in [0.2, 0.25) is 0 Å². The molecule has 2 rings (SSSR count). The van der Waals surface area contributed by atoms with Crippen molar-refractivity contribution in [1.29, 1.82) is 0 Å². The molecule has 0 radical (unpaired) electrons. The van der Waals surface area contributed by atoms with E-state index in [0.717, 1.165) is 23.0 Å². The van der Waals surface area contributed by atoms with E-state index in [9.17, 15) is 4.79 Å². The van der Waals surface area contributed by atoms with Crippen LogP contribution in [0.2, 0.25) is 0 Å². The summed E-state index contributed by atoms with van der Waals surface area (Å²) in [6, 6.07) is 5.69. The van der Waals surface area contributed by atoms with E-state index in [-0.39, 0.29) is 0 Å². The van der Waals surface area contributed by atoms with Crippen molar-refractivity contribution < 1.29 is 14.6 Å². The average Bonchev–Trinajstić information content (AvgIpc) is 2.84. The minimum atomic E-state index is -0.976. The quantitative estimate of drug-likeness (QED) is 0.828. The first-order valence-corrected chi connectivity index (χ1v) is 6.67. The molecule has 0 spiro atoms. The molecule has 0 aliphatic heterocycles. The van der Waals surface area contributed by atoms with Crippen molar-refractivity contribution in [2.45, 2.75) is 13.3 Å². The smallest absolute Gasteiger partial charge is 0.328 e. The van der Waals surface area contributed by atoms with Crippen LogP contribution in [-0.2, 0) is 18.3 Å². The first kappa shape index (κ1) is 14.8. The van der Waals surface area contributed by atoms with Crippen LogP contribution in [0.25, 0.3) is 6.08 Å². The number of aliphatic carboxylic acids is 1. The van der Waals surface area contributed by atoms with Crippen LogP contribution >= 0.6 is 0 Å². The zero-order valence-corrected chi connectivity index (χ0v) is 12.1. The second-order valence-electron chi connectivity index (χ2n) is 4.77. The van der Waals surface area contributed by atoms with Crippen LogP contribution < -0.4 is 4.74 Å². The molecule has 0 atom stereocenters. The van der Waals surface area contributed by atoms with Gasteiger partial charge in [0.1, 0.15) is 11.6 Å². The fourth-order valence-corrected chi connectivity index (χ4v) is 1.98. The number of carbonyl (C=O) groups is 1. The van der Waals surface area contributed by atoms with E-state index >= 15 is 0 Å². The molecule has 0 fully saturated rings. The Morgan fingerprint density at radius 2 is 2.29 bits per heavy atom. The van der Waals surface area contributed by atoms with Gasteiger partial charge in [-0.1, -0.05) is 11.6 Å². The molecule has 1 aromatic heterocycles. The molecule has 0 unspecified atom stereocenters. The van der Waals surface area contributed by atoms with Gasteiger partial charge in [-0.25, -0.2) is 9.78 Å². The summed E-state index contributed by atoms with van der Waals surface area (Å²) in [6.45, 7) is 2.44. The predicted molar refractivity (Wildman–Crippen MR) is 80.3 cm³/mol. The Morgan fingerprint density at radius 1 is 1.48 bits per heavy atom. The molecule has 1 heterocycles. The van der Waals surface area contributed by atoms with Crippen LogP contribution in [0.15, 0.2) is 36.7 Å². The van der Waals surface area contributed by atoms with E-state index in [4.69, 9.17) is 9.84 Å². The van der Waals surface area contributed by atoms with E-state index in [2.05, 4.69) is 4.98 Å². The van der Waals surface area contributed by atoms with Crippen molar-refractivity contribution in [3.8, 4) is 5.75 Å². The highest BCUT2D eigenvalue weighted by molar-refractivity contribution is 5.85. The highest BCUT2D eigenvalue weighted by atomic mass is 16.5. The number of benzene rings is 1. The Hall–Kier alpha value is -2.56. The normalized spacial score (nSPS) is 11.0. The molecule has 21 heavy (non-hydrogen) atoms. The minimum absolute atomic E-state index is 0.488. The molecule has 2 aromatic rings. The van der Waals surface area contributed by atoms with E-state index in [1.807, 2.05) is 42.9 Å². The highest BCUT2D eigenvalue weighted by Crippen LogP contribution is 2.21. The molecule has 0 saturated carbocycles. The second kappa shape index (κ2) is 6.74. The van der Waals surface area contributed by atoms with E-state index < -0.39 is 5.97 Å². The summed E-state index contributed by atoms with van der Waals surface area (Å²) in [5, 5.41) is 8.73. The fourth-order valence-electron chi connectivity index (χ4n) is 1.98. The third-order valence-corrected chi connectivity index (χ3v) is 3.07. The van der Waals surface area contributed by atoms with Gasteiger partial charge in [-0.05, 0) is 25.1 Å². The average molecular weight is 286 g/mol. The Bertz CT molecular complexity index is 659. The maximum atomic E-state index is 10.6. The molecule has 5 nitrogen and oxygen atoms in total. The highest BCUT2D eigenvalue weighted by Gasteiger charge is 2.04. The monoisotopic (exact) mass is 286 g/mol. The molecule has 0 bridgehead atoms. The predicted octanol–water partition coefficient (Wildman–Crippen LogP) is 2.45. The summed E-state index contributed by atoms with van der Waals surface area (Å²) in [4.78, 5) is 14.9. The molecule has 5 heteroatoms. The van der Waals surface area contributed by atoms with Gasteiger partial charge in [0, 0.05) is 37.5 Å². The minimum Gasteiger partial charge on any atom is -0.492 e. The SMILES string of the molecule is Cc1ccc(OCCc2nccn2C)c(/C=C/C(=O)O)c1. The Balaban J connectivity index is 2.05. The number of nitrogens with zero attached hydrogens (tertiary/aromatic N) is 2. The van der Waals surface area contributed by atoms with E-state index in [1.54, 1.807) is 12.3 Å². The van der Waals surface area contributed by atoms with Crippen LogP contribution in [0.3, 0.4) is 0 Å². The zero-order chi connectivity index (χ0) is 15.2. The zero-order valence-electron chi connectivity index (χ0n) is 12.1. The van der Waals surface area contributed by atoms with Crippen molar-refractivity contribution >= 4 is 12.0 Å². The molecule has 1 N–H and O–H groups in total. The number of carboxylic acids is 1. The van der Waals surface area contributed by atoms with Gasteiger partial charge < -0.3 is 14.4 Å². The van der Waals surface area contributed by atoms with Gasteiger partial charge in [-0.3, -0.25) is 0 Å². The molecule has 110 valence electrons. The molecule has 1 aromatic carbocycles. The largest absolute Gasteiger partial charge is 0.492 e. The number of aryl methyl sites for hydroxylation is 2. The number of ether oxygens (including phenoxy) is 1. The number of rotatable bonds is 6. The first-order chi connectivity index (χ1) is 10.1. The van der Waals surface area contributed by atoms with E-state index in [1.165, 1.54) is 0 Å². The molecule has 0 saturated heterocycles. The summed E-state index contributed by atoms with van der Waals surface area (Å²) in [5.41, 5.74) is 1.81. The van der Waals surface area contributed by atoms with Crippen LogP contribution in [0.4, 0.5) is 0 Å². The Morgan fingerprint density at radius 3 is 2.95 bits per heavy atom. The molecule has 0 aliphatic carbocycles. The first-order valence-electron chi connectivity index (χ1n) is 6.67. The lowest BCUT2D eigenvalue weighted by molar-refractivity contribution is -0.131. The third-order valence-electron chi connectivity index (χ3n) is 3.07. The number of aromatic nitrogens is 2. The third kappa shape index (κ3) is 4.21. The topological polar surface area (TPSA) is 64.4 Å². The molecule has 0 amide bonds. The Kier molecular flexibility index (Phi) is 4.77. The maximum absolute atomic E-state index is 10.6. The van der Waals surface area contributed by atoms with E-state index in [0.29, 0.717) is 18.8 Å². The summed E-state index contributed by atoms with van der Waals surface area (Å²) < 4.78 is 7.70. The van der Waals surface area contributed by atoms with Gasteiger partial charge >= 0.3 is 5.97 Å². The number of imidazole rings is 1. The van der Waals surface area contributed by atoms with Gasteiger partial charge in [-0.2, -0.15) is 0 Å². The van der Waals surface area contributed by atoms with Crippen molar-refractivity contribution in [3.63, 3.8) is 0 Å². The van der Waals surface area contributed by atoms with Crippen molar-refractivity contribution in [1.82, 2.24) is 9.55 Å². The number of hydrogen-bond acceptors (Lipinski definition) is 3. The summed E-state index contributed by atoms with van der Waals surface area (Å²) in [5.74, 6) is 0.646. The maximum Gasteiger partial charge on any atom is 0.328 e. The van der Waals surface area contributed by atoms with Gasteiger partial charge in [0.25, 0.3) is 0 Å². The summed E-state index contributed by atoms with van der Waals surface area (Å²) in [7, 11) is 1.94. The lowest BCUT2D eigenvalue weighted by Crippen LogP contribution is -2.06. The van der Waals surface area contributed by atoms with Gasteiger partial charge in [0.15, 0.2) is 0 Å². The number of carboxylic acid groups (broad SMARTS) is 1. The van der Waals surface area contributed by atoms with Crippen LogP contribution in [0.1, 0.15) is 17.0 Å².